The number of aromatic amines is 1. The average molecular weight is 397 g/mol. The molecule has 3 N–H and O–H groups in total. The van der Waals surface area contributed by atoms with Gasteiger partial charge in [0.15, 0.2) is 5.11 Å². The minimum Gasteiger partial charge on any atom is -0.338 e. The molecule has 7 heteroatoms. The lowest BCUT2D eigenvalue weighted by Gasteiger charge is -2.26. The minimum absolute atomic E-state index is 0.128. The monoisotopic (exact) mass is 396 g/mol. The lowest BCUT2D eigenvalue weighted by atomic mass is 10.2. The molecule has 0 spiro atoms. The maximum absolute atomic E-state index is 12.4. The standard InChI is InChI=1S/C21H25N5OS/c1-15-8-4-6-10-17(15)23-21(28)26(13-12-25(2)3)14-19-22-18-11-7-5-9-16(18)20(27)24-19/h4-11H,12-14H2,1-3H3,(H,23,28)(H,22,24,27)/p+1. The first-order valence-electron chi connectivity index (χ1n) is 9.32. The number of thiocarbonyl (C=S) groups is 1. The number of nitrogens with one attached hydrogen (secondary N) is 3. The number of likely N-dealkylation sites (N-methyl/N-ethyl adjacent to an activating group) is 1. The summed E-state index contributed by atoms with van der Waals surface area (Å²) in [5.41, 5.74) is 2.67. The molecule has 6 nitrogen and oxygen atoms in total. The van der Waals surface area contributed by atoms with Gasteiger partial charge in [0.25, 0.3) is 5.56 Å². The van der Waals surface area contributed by atoms with E-state index in [0.29, 0.717) is 28.4 Å². The SMILES string of the molecule is Cc1ccccc1NC(=S)N(CC[NH+](C)C)Cc1nc2ccccc2c(=O)[nH]1. The molecule has 0 aliphatic carbocycles. The fourth-order valence-electron chi connectivity index (χ4n) is 2.91. The van der Waals surface area contributed by atoms with Crippen LogP contribution in [-0.2, 0) is 6.54 Å². The number of hydrogen-bond donors (Lipinski definition) is 3. The highest BCUT2D eigenvalue weighted by atomic mass is 32.1. The second kappa shape index (κ2) is 8.95. The van der Waals surface area contributed by atoms with Crippen molar-refractivity contribution < 1.29 is 4.90 Å². The maximum atomic E-state index is 12.4. The quantitative estimate of drug-likeness (QED) is 0.552. The minimum atomic E-state index is -0.128. The van der Waals surface area contributed by atoms with Crippen molar-refractivity contribution in [3.05, 3.63) is 70.3 Å². The molecule has 0 saturated carbocycles. The lowest BCUT2D eigenvalue weighted by Crippen LogP contribution is -3.06. The van der Waals surface area contributed by atoms with Crippen molar-refractivity contribution >= 4 is 33.9 Å². The van der Waals surface area contributed by atoms with Crippen LogP contribution < -0.4 is 15.8 Å². The van der Waals surface area contributed by atoms with Crippen molar-refractivity contribution in [2.24, 2.45) is 0 Å². The molecule has 1 aromatic heterocycles. The lowest BCUT2D eigenvalue weighted by molar-refractivity contribution is -0.857. The summed E-state index contributed by atoms with van der Waals surface area (Å²) < 4.78 is 0. The molecule has 0 amide bonds. The van der Waals surface area contributed by atoms with Crippen LogP contribution in [-0.4, -0.2) is 47.2 Å². The number of anilines is 1. The van der Waals surface area contributed by atoms with Crippen LogP contribution in [0, 0.1) is 6.92 Å². The summed E-state index contributed by atoms with van der Waals surface area (Å²) in [4.78, 5) is 23.3. The highest BCUT2D eigenvalue weighted by molar-refractivity contribution is 7.80. The zero-order valence-corrected chi connectivity index (χ0v) is 17.3. The zero-order valence-electron chi connectivity index (χ0n) is 16.5. The molecule has 0 fully saturated rings. The van der Waals surface area contributed by atoms with Crippen LogP contribution >= 0.6 is 12.2 Å². The van der Waals surface area contributed by atoms with Crippen molar-refractivity contribution in [2.75, 3.05) is 32.5 Å². The molecule has 2 aromatic carbocycles. The van der Waals surface area contributed by atoms with E-state index in [1.54, 1.807) is 6.07 Å². The topological polar surface area (TPSA) is 65.5 Å². The molecule has 0 bridgehead atoms. The Labute approximate surface area is 170 Å². The van der Waals surface area contributed by atoms with Gasteiger partial charge in [-0.05, 0) is 42.9 Å². The second-order valence-electron chi connectivity index (χ2n) is 7.15. The van der Waals surface area contributed by atoms with Crippen molar-refractivity contribution in [3.63, 3.8) is 0 Å². The maximum Gasteiger partial charge on any atom is 0.258 e. The molecular formula is C21H26N5OS+. The highest BCUT2D eigenvalue weighted by Gasteiger charge is 2.15. The first kappa shape index (κ1) is 20.0. The molecule has 0 atom stereocenters. The van der Waals surface area contributed by atoms with Gasteiger partial charge in [0, 0.05) is 5.69 Å². The Bertz CT molecular complexity index is 1030. The first-order valence-corrected chi connectivity index (χ1v) is 9.73. The van der Waals surface area contributed by atoms with Gasteiger partial charge in [-0.3, -0.25) is 4.79 Å². The van der Waals surface area contributed by atoms with Crippen LogP contribution in [0.5, 0.6) is 0 Å². The summed E-state index contributed by atoms with van der Waals surface area (Å²) in [6.07, 6.45) is 0. The molecule has 0 aliphatic heterocycles. The summed E-state index contributed by atoms with van der Waals surface area (Å²) in [5, 5.41) is 4.55. The zero-order chi connectivity index (χ0) is 20.1. The molecule has 28 heavy (non-hydrogen) atoms. The number of nitrogens with zero attached hydrogens (tertiary/aromatic N) is 2. The molecule has 3 rings (SSSR count). The van der Waals surface area contributed by atoms with E-state index in [1.807, 2.05) is 54.3 Å². The third-order valence-electron chi connectivity index (χ3n) is 4.56. The first-order chi connectivity index (χ1) is 13.4. The van der Waals surface area contributed by atoms with Crippen LogP contribution in [0.15, 0.2) is 53.3 Å². The van der Waals surface area contributed by atoms with Gasteiger partial charge in [-0.15, -0.1) is 0 Å². The number of fused-ring (bicyclic) bond motifs is 1. The Morgan fingerprint density at radius 2 is 1.89 bits per heavy atom. The molecule has 0 saturated heterocycles. The summed E-state index contributed by atoms with van der Waals surface area (Å²) >= 11 is 5.68. The highest BCUT2D eigenvalue weighted by Crippen LogP contribution is 2.15. The third kappa shape index (κ3) is 4.94. The Kier molecular flexibility index (Phi) is 6.38. The summed E-state index contributed by atoms with van der Waals surface area (Å²) in [6, 6.07) is 15.4. The predicted molar refractivity (Wildman–Crippen MR) is 118 cm³/mol. The summed E-state index contributed by atoms with van der Waals surface area (Å²) in [7, 11) is 4.21. The van der Waals surface area contributed by atoms with Crippen molar-refractivity contribution in [1.29, 1.82) is 0 Å². The van der Waals surface area contributed by atoms with E-state index in [2.05, 4.69) is 29.4 Å². The molecular weight excluding hydrogens is 370 g/mol. The van der Waals surface area contributed by atoms with Gasteiger partial charge in [-0.1, -0.05) is 30.3 Å². The van der Waals surface area contributed by atoms with Crippen molar-refractivity contribution in [1.82, 2.24) is 14.9 Å². The molecule has 3 aromatic rings. The summed E-state index contributed by atoms with van der Waals surface area (Å²) in [5.74, 6) is 0.603. The van der Waals surface area contributed by atoms with E-state index in [4.69, 9.17) is 12.2 Å². The Morgan fingerprint density at radius 1 is 1.18 bits per heavy atom. The second-order valence-corrected chi connectivity index (χ2v) is 7.54. The van der Waals surface area contributed by atoms with Crippen molar-refractivity contribution in [3.8, 4) is 0 Å². The number of hydrogen-bond acceptors (Lipinski definition) is 3. The number of aryl methyl sites for hydroxylation is 1. The third-order valence-corrected chi connectivity index (χ3v) is 4.92. The predicted octanol–water partition coefficient (Wildman–Crippen LogP) is 1.58. The Morgan fingerprint density at radius 3 is 2.64 bits per heavy atom. The molecule has 146 valence electrons. The van der Waals surface area contributed by atoms with Crippen molar-refractivity contribution in [2.45, 2.75) is 13.5 Å². The Hall–Kier alpha value is -2.77. The number of para-hydroxylation sites is 2. The molecule has 1 heterocycles. The number of H-pyrrole nitrogens is 1. The van der Waals surface area contributed by atoms with E-state index in [0.717, 1.165) is 24.3 Å². The van der Waals surface area contributed by atoms with E-state index in [1.165, 1.54) is 4.90 Å². The van der Waals surface area contributed by atoms with Gasteiger partial charge in [0.2, 0.25) is 0 Å². The van der Waals surface area contributed by atoms with Gasteiger partial charge >= 0.3 is 0 Å². The van der Waals surface area contributed by atoms with Crippen LogP contribution in [0.1, 0.15) is 11.4 Å². The van der Waals surface area contributed by atoms with E-state index >= 15 is 0 Å². The normalized spacial score (nSPS) is 11.0. The van der Waals surface area contributed by atoms with Gasteiger partial charge in [-0.2, -0.15) is 0 Å². The van der Waals surface area contributed by atoms with Crippen LogP contribution in [0.4, 0.5) is 5.69 Å². The van der Waals surface area contributed by atoms with Gasteiger partial charge in [-0.25, -0.2) is 4.98 Å². The smallest absolute Gasteiger partial charge is 0.258 e. The van der Waals surface area contributed by atoms with E-state index in [-0.39, 0.29) is 5.56 Å². The van der Waals surface area contributed by atoms with Crippen LogP contribution in [0.25, 0.3) is 10.9 Å². The fraction of sp³-hybridized carbons (Fsp3) is 0.286. The van der Waals surface area contributed by atoms with Gasteiger partial charge in [0.05, 0.1) is 44.6 Å². The fourth-order valence-corrected chi connectivity index (χ4v) is 3.17. The Balaban J connectivity index is 1.84. The average Bonchev–Trinajstić information content (AvgIpc) is 2.66. The number of aromatic nitrogens is 2. The molecule has 0 radical (unpaired) electrons. The number of benzene rings is 2. The molecule has 0 unspecified atom stereocenters. The van der Waals surface area contributed by atoms with Crippen LogP contribution in [0.2, 0.25) is 0 Å². The van der Waals surface area contributed by atoms with Gasteiger partial charge in [0.1, 0.15) is 5.82 Å². The molecule has 0 aliphatic rings. The van der Waals surface area contributed by atoms with E-state index < -0.39 is 0 Å². The van der Waals surface area contributed by atoms with Gasteiger partial charge < -0.3 is 20.1 Å². The summed E-state index contributed by atoms with van der Waals surface area (Å²) in [6.45, 7) is 4.14. The van der Waals surface area contributed by atoms with Crippen LogP contribution in [0.3, 0.4) is 0 Å². The van der Waals surface area contributed by atoms with E-state index in [9.17, 15) is 4.79 Å². The number of rotatable bonds is 6. The number of quaternary nitrogens is 1. The largest absolute Gasteiger partial charge is 0.338 e.